The Morgan fingerprint density at radius 3 is 2.79 bits per heavy atom. The van der Waals surface area contributed by atoms with Crippen molar-refractivity contribution in [2.75, 3.05) is 5.73 Å². The van der Waals surface area contributed by atoms with Crippen LogP contribution in [0.15, 0.2) is 0 Å². The van der Waals surface area contributed by atoms with Gasteiger partial charge in [-0.05, 0) is 55.7 Å². The highest BCUT2D eigenvalue weighted by Gasteiger charge is 2.22. The van der Waals surface area contributed by atoms with Gasteiger partial charge in [0.1, 0.15) is 5.82 Å². The molecule has 2 N–H and O–H groups in total. The van der Waals surface area contributed by atoms with E-state index in [-0.39, 0.29) is 0 Å². The highest BCUT2D eigenvalue weighted by molar-refractivity contribution is 5.52. The van der Waals surface area contributed by atoms with Crippen LogP contribution in [-0.4, -0.2) is 4.98 Å². The summed E-state index contributed by atoms with van der Waals surface area (Å²) in [5, 5.41) is 0. The lowest BCUT2D eigenvalue weighted by Crippen LogP contribution is -2.14. The molecule has 1 aromatic rings. The molecule has 0 saturated heterocycles. The zero-order valence-corrected chi connectivity index (χ0v) is 9.22. The van der Waals surface area contributed by atoms with Crippen molar-refractivity contribution in [3.8, 4) is 0 Å². The largest absolute Gasteiger partial charge is 0.383 e. The third-order valence-corrected chi connectivity index (χ3v) is 3.43. The van der Waals surface area contributed by atoms with Crippen LogP contribution in [-0.2, 0) is 6.42 Å². The van der Waals surface area contributed by atoms with E-state index in [0.717, 1.165) is 17.9 Å². The lowest BCUT2D eigenvalue weighted by molar-refractivity contribution is 0.585. The van der Waals surface area contributed by atoms with Gasteiger partial charge in [-0.15, -0.1) is 0 Å². The first kappa shape index (κ1) is 9.50. The monoisotopic (exact) mass is 190 g/mol. The Hall–Kier alpha value is -1.05. The second-order valence-electron chi connectivity index (χ2n) is 4.39. The highest BCUT2D eigenvalue weighted by Crippen LogP contribution is 2.36. The summed E-state index contributed by atoms with van der Waals surface area (Å²) >= 11 is 0. The fourth-order valence-electron chi connectivity index (χ4n) is 2.55. The molecule has 1 atom stereocenters. The Balaban J connectivity index is 2.67. The standard InChI is InChI=1S/C12H18N2/c1-7-5-4-6-10-11(7)8(2)9(3)14-12(10)13/h7H,4-6H2,1-3H3,(H2,13,14). The third-order valence-electron chi connectivity index (χ3n) is 3.43. The molecule has 0 bridgehead atoms. The molecule has 0 amide bonds. The minimum Gasteiger partial charge on any atom is -0.383 e. The number of anilines is 1. The Morgan fingerprint density at radius 2 is 2.07 bits per heavy atom. The SMILES string of the molecule is Cc1nc(N)c2c(c1C)C(C)CCC2. The van der Waals surface area contributed by atoms with Gasteiger partial charge in [0.15, 0.2) is 0 Å². The first-order chi connectivity index (χ1) is 6.61. The van der Waals surface area contributed by atoms with Gasteiger partial charge in [-0.1, -0.05) is 6.92 Å². The minimum atomic E-state index is 0.655. The lowest BCUT2D eigenvalue weighted by Gasteiger charge is -2.26. The number of hydrogen-bond donors (Lipinski definition) is 1. The molecule has 0 aromatic carbocycles. The van der Waals surface area contributed by atoms with E-state index in [4.69, 9.17) is 5.73 Å². The molecular formula is C12H18N2. The van der Waals surface area contributed by atoms with Crippen LogP contribution in [0.4, 0.5) is 5.82 Å². The van der Waals surface area contributed by atoms with E-state index in [1.165, 1.54) is 29.5 Å². The van der Waals surface area contributed by atoms with Crippen molar-refractivity contribution >= 4 is 5.82 Å². The molecule has 0 aliphatic heterocycles. The molecule has 0 fully saturated rings. The molecule has 0 saturated carbocycles. The average Bonchev–Trinajstić information content (AvgIpc) is 2.14. The van der Waals surface area contributed by atoms with Crippen LogP contribution in [0.1, 0.15) is 48.1 Å². The van der Waals surface area contributed by atoms with Crippen molar-refractivity contribution in [1.29, 1.82) is 0 Å². The first-order valence-electron chi connectivity index (χ1n) is 5.36. The van der Waals surface area contributed by atoms with E-state index in [2.05, 4.69) is 18.8 Å². The summed E-state index contributed by atoms with van der Waals surface area (Å²) in [5.74, 6) is 1.41. The van der Waals surface area contributed by atoms with Crippen molar-refractivity contribution in [3.05, 3.63) is 22.4 Å². The van der Waals surface area contributed by atoms with Crippen molar-refractivity contribution in [2.24, 2.45) is 0 Å². The van der Waals surface area contributed by atoms with Crippen LogP contribution in [0, 0.1) is 13.8 Å². The molecule has 1 aliphatic rings. The van der Waals surface area contributed by atoms with Crippen molar-refractivity contribution in [1.82, 2.24) is 4.98 Å². The van der Waals surface area contributed by atoms with E-state index < -0.39 is 0 Å². The van der Waals surface area contributed by atoms with Gasteiger partial charge < -0.3 is 5.73 Å². The molecule has 1 unspecified atom stereocenters. The molecule has 2 rings (SSSR count). The number of nitrogens with two attached hydrogens (primary N) is 1. The number of aromatic nitrogens is 1. The molecule has 2 heteroatoms. The van der Waals surface area contributed by atoms with Crippen LogP contribution in [0.3, 0.4) is 0 Å². The second kappa shape index (κ2) is 3.26. The molecule has 14 heavy (non-hydrogen) atoms. The van der Waals surface area contributed by atoms with Gasteiger partial charge in [0.2, 0.25) is 0 Å². The van der Waals surface area contributed by atoms with Gasteiger partial charge >= 0.3 is 0 Å². The van der Waals surface area contributed by atoms with E-state index >= 15 is 0 Å². The fourth-order valence-corrected chi connectivity index (χ4v) is 2.55. The number of nitrogen functional groups attached to an aromatic ring is 1. The highest BCUT2D eigenvalue weighted by atomic mass is 14.8. The number of aryl methyl sites for hydroxylation is 1. The Bertz CT molecular complexity index is 369. The minimum absolute atomic E-state index is 0.655. The quantitative estimate of drug-likeness (QED) is 0.683. The smallest absolute Gasteiger partial charge is 0.127 e. The van der Waals surface area contributed by atoms with Gasteiger partial charge in [-0.3, -0.25) is 0 Å². The van der Waals surface area contributed by atoms with Gasteiger partial charge in [-0.2, -0.15) is 0 Å². The molecule has 1 aliphatic carbocycles. The van der Waals surface area contributed by atoms with E-state index in [1.807, 2.05) is 6.92 Å². The number of nitrogens with zero attached hydrogens (tertiary/aromatic N) is 1. The number of fused-ring (bicyclic) bond motifs is 1. The summed E-state index contributed by atoms with van der Waals surface area (Å²) in [6.07, 6.45) is 3.65. The van der Waals surface area contributed by atoms with Crippen LogP contribution in [0.2, 0.25) is 0 Å². The number of pyridine rings is 1. The summed E-state index contributed by atoms with van der Waals surface area (Å²) in [6, 6.07) is 0. The number of rotatable bonds is 0. The van der Waals surface area contributed by atoms with Crippen LogP contribution >= 0.6 is 0 Å². The molecule has 76 valence electrons. The van der Waals surface area contributed by atoms with Crippen LogP contribution in [0.5, 0.6) is 0 Å². The summed E-state index contributed by atoms with van der Waals surface area (Å²) in [4.78, 5) is 4.40. The predicted molar refractivity (Wildman–Crippen MR) is 59.5 cm³/mol. The normalized spacial score (nSPS) is 20.6. The van der Waals surface area contributed by atoms with E-state index in [0.29, 0.717) is 5.92 Å². The lowest BCUT2D eigenvalue weighted by atomic mass is 9.81. The molecule has 2 nitrogen and oxygen atoms in total. The molecule has 1 aromatic heterocycles. The Labute approximate surface area is 85.5 Å². The Kier molecular flexibility index (Phi) is 2.22. The summed E-state index contributed by atoms with van der Waals surface area (Å²) in [7, 11) is 0. The van der Waals surface area contributed by atoms with Gasteiger partial charge in [0, 0.05) is 5.69 Å². The van der Waals surface area contributed by atoms with Gasteiger partial charge in [0.25, 0.3) is 0 Å². The Morgan fingerprint density at radius 1 is 1.36 bits per heavy atom. The van der Waals surface area contributed by atoms with Crippen molar-refractivity contribution < 1.29 is 0 Å². The second-order valence-corrected chi connectivity index (χ2v) is 4.39. The molecule has 1 heterocycles. The molecule has 0 radical (unpaired) electrons. The topological polar surface area (TPSA) is 38.9 Å². The number of hydrogen-bond acceptors (Lipinski definition) is 2. The van der Waals surface area contributed by atoms with Gasteiger partial charge in [-0.25, -0.2) is 4.98 Å². The first-order valence-corrected chi connectivity index (χ1v) is 5.36. The van der Waals surface area contributed by atoms with E-state index in [1.54, 1.807) is 0 Å². The maximum absolute atomic E-state index is 5.96. The van der Waals surface area contributed by atoms with Crippen LogP contribution in [0.25, 0.3) is 0 Å². The fraction of sp³-hybridized carbons (Fsp3) is 0.583. The van der Waals surface area contributed by atoms with Crippen molar-refractivity contribution in [2.45, 2.75) is 46.0 Å². The van der Waals surface area contributed by atoms with E-state index in [9.17, 15) is 0 Å². The average molecular weight is 190 g/mol. The van der Waals surface area contributed by atoms with Crippen molar-refractivity contribution in [3.63, 3.8) is 0 Å². The van der Waals surface area contributed by atoms with Gasteiger partial charge in [0.05, 0.1) is 0 Å². The van der Waals surface area contributed by atoms with Crippen LogP contribution < -0.4 is 5.73 Å². The third kappa shape index (κ3) is 1.29. The summed E-state index contributed by atoms with van der Waals surface area (Å²) in [6.45, 7) is 6.51. The summed E-state index contributed by atoms with van der Waals surface area (Å²) in [5.41, 5.74) is 11.2. The molecule has 0 spiro atoms. The summed E-state index contributed by atoms with van der Waals surface area (Å²) < 4.78 is 0. The zero-order valence-electron chi connectivity index (χ0n) is 9.22. The maximum atomic E-state index is 5.96. The predicted octanol–water partition coefficient (Wildman–Crippen LogP) is 2.72. The molecular weight excluding hydrogens is 172 g/mol. The zero-order chi connectivity index (χ0) is 10.3. The maximum Gasteiger partial charge on any atom is 0.127 e.